The van der Waals surface area contributed by atoms with Gasteiger partial charge in [0.1, 0.15) is 12.1 Å². The molecule has 7 aliphatic rings. The molecule has 3 N–H and O–H groups in total. The predicted molar refractivity (Wildman–Crippen MR) is 292 cm³/mol. The molecule has 1 aliphatic carbocycles. The largest absolute Gasteiger partial charge is 0.464 e. The van der Waals surface area contributed by atoms with E-state index < -0.39 is 23.5 Å². The molecule has 1 spiro atoms. The highest BCUT2D eigenvalue weighted by Gasteiger charge is 2.49. The minimum Gasteiger partial charge on any atom is -0.464 e. The quantitative estimate of drug-likeness (QED) is 0.117. The van der Waals surface area contributed by atoms with Crippen LogP contribution in [0.5, 0.6) is 0 Å². The lowest BCUT2D eigenvalue weighted by atomic mass is 9.84. The Morgan fingerprint density at radius 2 is 1.74 bits per heavy atom. The average molecular weight is 1030 g/mol. The third kappa shape index (κ3) is 10.5. The van der Waals surface area contributed by atoms with Gasteiger partial charge < -0.3 is 29.7 Å². The van der Waals surface area contributed by atoms with Gasteiger partial charge in [-0.05, 0) is 94.0 Å². The van der Waals surface area contributed by atoms with Crippen molar-refractivity contribution >= 4 is 51.6 Å². The molecular weight excluding hydrogens is 951 g/mol. The standard InChI is InChI=1S/C56H77N11O5S.CH4/c1-8-66-46-14-11-36-24-39(46)41(50(66)40-25-38(28-58-48(40)34(2)3)63-22-20-62(21-23-63)37-12-13-37)27-55(6,7)33-72-54(71)42-10-9-17-67(61-42)53(70)43(26-47-59-45(36)30-73-47)60-51(68)49(35(4)5)64-18-15-56(31-64)16-19-65(32-56)52(69)44-29-57-44;/h11,14,24-25,28,30,34-35,37,42-44,49,57,61H,8-10,12-13,15-23,26-27,29,31-33H2,1-7H3,(H,60,68);1H4/t42-,43-,44+,49-,56-;/m0./s1. The van der Waals surface area contributed by atoms with Crippen LogP contribution in [0, 0.1) is 16.7 Å². The number of pyridine rings is 1. The van der Waals surface area contributed by atoms with Gasteiger partial charge in [-0.25, -0.2) is 10.4 Å². The molecule has 17 heteroatoms. The molecule has 4 aromatic rings. The predicted octanol–water partition coefficient (Wildman–Crippen LogP) is 6.46. The van der Waals surface area contributed by atoms with Crippen LogP contribution in [-0.4, -0.2) is 160 Å². The molecule has 3 amide bonds. The van der Waals surface area contributed by atoms with Crippen LogP contribution in [0.3, 0.4) is 0 Å². The molecule has 1 aromatic carbocycles. The summed E-state index contributed by atoms with van der Waals surface area (Å²) in [5.41, 5.74) is 11.4. The summed E-state index contributed by atoms with van der Waals surface area (Å²) in [6.07, 6.45) is 8.53. The molecule has 5 saturated heterocycles. The molecule has 6 bridgehead atoms. The van der Waals surface area contributed by atoms with E-state index in [4.69, 9.17) is 14.7 Å². The number of ether oxygens (including phenoxy) is 1. The molecular formula is C57H81N11O5S. The Morgan fingerprint density at radius 3 is 2.46 bits per heavy atom. The molecule has 5 atom stereocenters. The zero-order valence-electron chi connectivity index (χ0n) is 44.2. The van der Waals surface area contributed by atoms with Crippen LogP contribution in [0.15, 0.2) is 35.8 Å². The third-order valence-corrected chi connectivity index (χ3v) is 17.9. The molecule has 6 fully saturated rings. The number of fused-ring (bicyclic) bond motifs is 6. The van der Waals surface area contributed by atoms with Crippen molar-refractivity contribution in [1.29, 1.82) is 0 Å². The first kappa shape index (κ1) is 52.5. The van der Waals surface area contributed by atoms with Gasteiger partial charge in [-0.3, -0.25) is 39.0 Å². The number of rotatable bonds is 10. The number of anilines is 1. The van der Waals surface area contributed by atoms with Crippen molar-refractivity contribution in [2.45, 2.75) is 150 Å². The van der Waals surface area contributed by atoms with Crippen molar-refractivity contribution in [3.63, 3.8) is 0 Å². The summed E-state index contributed by atoms with van der Waals surface area (Å²) in [5.74, 6) is -0.552. The lowest BCUT2D eigenvalue weighted by Gasteiger charge is -2.37. The van der Waals surface area contributed by atoms with Crippen LogP contribution in [0.4, 0.5) is 5.69 Å². The SMILES string of the molecule is C.CCn1c(-c2cc(N3CCN(C4CC4)CC3)cnc2C(C)C)c2c3cc(ccc31)-c1csc(n1)C[C@H](NC(=O)[C@H](C(C)C)N1CC[C@]3(CCN(C(=O)[C@H]4CN4)C3)C1)C(=O)N1CCC[C@H](N1)C(=O)OCC(C)(C)C2. The monoisotopic (exact) mass is 1030 g/mol. The summed E-state index contributed by atoms with van der Waals surface area (Å²) in [5, 5.41) is 11.9. The Balaban J connectivity index is 0.00000626. The highest BCUT2D eigenvalue weighted by Crippen LogP contribution is 2.44. The number of amides is 3. The lowest BCUT2D eigenvalue weighted by molar-refractivity contribution is -0.155. The summed E-state index contributed by atoms with van der Waals surface area (Å²) in [6, 6.07) is 7.62. The fourth-order valence-electron chi connectivity index (χ4n) is 12.8. The van der Waals surface area contributed by atoms with Gasteiger partial charge in [-0.2, -0.15) is 0 Å². The van der Waals surface area contributed by atoms with Crippen molar-refractivity contribution in [2.75, 3.05) is 77.0 Å². The number of carbonyl (C=O) groups is 4. The first-order chi connectivity index (χ1) is 35.1. The van der Waals surface area contributed by atoms with Gasteiger partial charge in [0.05, 0.1) is 52.7 Å². The summed E-state index contributed by atoms with van der Waals surface area (Å²) in [4.78, 5) is 76.7. The minimum absolute atomic E-state index is 0. The smallest absolute Gasteiger partial charge is 0.324 e. The van der Waals surface area contributed by atoms with Gasteiger partial charge in [-0.1, -0.05) is 55.0 Å². The number of carbonyl (C=O) groups excluding carboxylic acids is 4. The van der Waals surface area contributed by atoms with E-state index in [1.54, 1.807) is 0 Å². The zero-order valence-corrected chi connectivity index (χ0v) is 45.0. The number of aromatic nitrogens is 3. The van der Waals surface area contributed by atoms with Crippen LogP contribution < -0.4 is 21.0 Å². The topological polar surface area (TPSA) is 170 Å². The van der Waals surface area contributed by atoms with Crippen molar-refractivity contribution in [3.05, 3.63) is 52.1 Å². The van der Waals surface area contributed by atoms with Crippen LogP contribution >= 0.6 is 11.3 Å². The second-order valence-corrected chi connectivity index (χ2v) is 24.8. The summed E-state index contributed by atoms with van der Waals surface area (Å²) < 4.78 is 8.72. The Kier molecular flexibility index (Phi) is 14.8. The fourth-order valence-corrected chi connectivity index (χ4v) is 13.7. The van der Waals surface area contributed by atoms with E-state index in [1.165, 1.54) is 34.8 Å². The van der Waals surface area contributed by atoms with Crippen molar-refractivity contribution in [3.8, 4) is 22.5 Å². The first-order valence-electron chi connectivity index (χ1n) is 27.5. The first-order valence-corrected chi connectivity index (χ1v) is 28.4. The molecule has 400 valence electrons. The molecule has 74 heavy (non-hydrogen) atoms. The second kappa shape index (κ2) is 20.9. The number of thiazole rings is 1. The minimum atomic E-state index is -0.938. The summed E-state index contributed by atoms with van der Waals surface area (Å²) in [6.45, 7) is 24.3. The number of aryl methyl sites for hydroxylation is 1. The number of nitrogens with zero attached hydrogens (tertiary/aromatic N) is 8. The number of hydrazine groups is 1. The van der Waals surface area contributed by atoms with E-state index in [2.05, 4.69) is 120 Å². The van der Waals surface area contributed by atoms with Crippen LogP contribution in [0.2, 0.25) is 0 Å². The van der Waals surface area contributed by atoms with E-state index in [1.807, 2.05) is 4.90 Å². The van der Waals surface area contributed by atoms with Crippen molar-refractivity contribution in [2.24, 2.45) is 16.7 Å². The fraction of sp³-hybridized carbons (Fsp3) is 0.649. The molecule has 16 nitrogen and oxygen atoms in total. The van der Waals surface area contributed by atoms with Crippen LogP contribution in [0.1, 0.15) is 117 Å². The van der Waals surface area contributed by atoms with Crippen molar-refractivity contribution < 1.29 is 23.9 Å². The number of hydrogen-bond donors (Lipinski definition) is 3. The van der Waals surface area contributed by atoms with Gasteiger partial charge in [0, 0.05) is 116 Å². The van der Waals surface area contributed by atoms with E-state index in [9.17, 15) is 19.2 Å². The number of benzene rings is 1. The Bertz CT molecular complexity index is 2750. The number of piperazine rings is 1. The maximum Gasteiger partial charge on any atom is 0.324 e. The molecule has 0 radical (unpaired) electrons. The lowest BCUT2D eigenvalue weighted by Crippen LogP contribution is -2.62. The molecule has 11 rings (SSSR count). The van der Waals surface area contributed by atoms with Gasteiger partial charge >= 0.3 is 5.97 Å². The van der Waals surface area contributed by atoms with E-state index in [0.717, 1.165) is 128 Å². The van der Waals surface area contributed by atoms with Gasteiger partial charge in [0.25, 0.3) is 5.91 Å². The van der Waals surface area contributed by atoms with Gasteiger partial charge in [0.2, 0.25) is 11.8 Å². The highest BCUT2D eigenvalue weighted by atomic mass is 32.1. The number of esters is 1. The van der Waals surface area contributed by atoms with Gasteiger partial charge in [0.15, 0.2) is 0 Å². The van der Waals surface area contributed by atoms with Crippen molar-refractivity contribution in [1.82, 2.24) is 50.3 Å². The molecule has 9 heterocycles. The normalized spacial score (nSPS) is 26.2. The van der Waals surface area contributed by atoms with E-state index in [-0.39, 0.29) is 67.4 Å². The second-order valence-electron chi connectivity index (χ2n) is 23.9. The Morgan fingerprint density at radius 1 is 0.973 bits per heavy atom. The number of nitrogens with one attached hydrogen (secondary N) is 3. The maximum atomic E-state index is 14.8. The number of likely N-dealkylation sites (tertiary alicyclic amines) is 2. The van der Waals surface area contributed by atoms with Crippen LogP contribution in [0.25, 0.3) is 33.4 Å². The summed E-state index contributed by atoms with van der Waals surface area (Å²) in [7, 11) is 0. The third-order valence-electron chi connectivity index (χ3n) is 17.0. The average Bonchev–Trinajstić information content (AvgIpc) is 4.27. The highest BCUT2D eigenvalue weighted by molar-refractivity contribution is 7.10. The summed E-state index contributed by atoms with van der Waals surface area (Å²) >= 11 is 1.50. The molecule has 6 aliphatic heterocycles. The van der Waals surface area contributed by atoms with E-state index >= 15 is 0 Å². The Hall–Kier alpha value is -4.94. The van der Waals surface area contributed by atoms with Gasteiger partial charge in [-0.15, -0.1) is 11.3 Å². The molecule has 3 aromatic heterocycles. The maximum absolute atomic E-state index is 14.8. The molecule has 0 unspecified atom stereocenters. The number of hydrogen-bond acceptors (Lipinski definition) is 13. The number of cyclic esters (lactones) is 1. The van der Waals surface area contributed by atoms with Crippen LogP contribution in [-0.2, 0) is 43.3 Å². The van der Waals surface area contributed by atoms with E-state index in [0.29, 0.717) is 32.4 Å². The Labute approximate surface area is 442 Å². The zero-order chi connectivity index (χ0) is 50.9. The molecule has 1 saturated carbocycles.